The smallest absolute Gasteiger partial charge is 0.300 e. The van der Waals surface area contributed by atoms with Gasteiger partial charge in [0.1, 0.15) is 11.6 Å². The van der Waals surface area contributed by atoms with E-state index in [9.17, 15) is 4.39 Å². The van der Waals surface area contributed by atoms with Crippen LogP contribution in [-0.2, 0) is 0 Å². The number of hydrogen-bond acceptors (Lipinski definition) is 4. The van der Waals surface area contributed by atoms with Gasteiger partial charge in [-0.1, -0.05) is 21.0 Å². The summed E-state index contributed by atoms with van der Waals surface area (Å²) in [5.41, 5.74) is 0. The predicted octanol–water partition coefficient (Wildman–Crippen LogP) is 3.99. The average molecular weight is 354 g/mol. The molecular weight excluding hydrogens is 351 g/mol. The lowest BCUT2D eigenvalue weighted by Crippen LogP contribution is -1.85. The van der Waals surface area contributed by atoms with Crippen molar-refractivity contribution in [3.8, 4) is 10.9 Å². The third-order valence-corrected chi connectivity index (χ3v) is 3.11. The van der Waals surface area contributed by atoms with Crippen molar-refractivity contribution in [2.45, 2.75) is 0 Å². The standard InChI is InChI=1S/C8H3Br2FN2OS/c9-4-1-5(11)3-6(2-4)14-8-13-12-7(10)15-8/h1-3H. The highest BCUT2D eigenvalue weighted by molar-refractivity contribution is 9.11. The van der Waals surface area contributed by atoms with Crippen molar-refractivity contribution in [3.05, 3.63) is 32.4 Å². The normalized spacial score (nSPS) is 10.3. The number of hydrogen-bond donors (Lipinski definition) is 0. The van der Waals surface area contributed by atoms with Gasteiger partial charge in [0, 0.05) is 10.5 Å². The van der Waals surface area contributed by atoms with Gasteiger partial charge >= 0.3 is 0 Å². The van der Waals surface area contributed by atoms with E-state index in [2.05, 4.69) is 42.1 Å². The topological polar surface area (TPSA) is 35.0 Å². The van der Waals surface area contributed by atoms with Crippen molar-refractivity contribution >= 4 is 43.2 Å². The van der Waals surface area contributed by atoms with Gasteiger partial charge in [-0.25, -0.2) is 4.39 Å². The summed E-state index contributed by atoms with van der Waals surface area (Å²) in [6, 6.07) is 4.28. The van der Waals surface area contributed by atoms with Crippen LogP contribution in [0.15, 0.2) is 26.6 Å². The summed E-state index contributed by atoms with van der Waals surface area (Å²) >= 11 is 7.55. The molecule has 0 bridgehead atoms. The molecule has 2 rings (SSSR count). The zero-order valence-corrected chi connectivity index (χ0v) is 11.1. The summed E-state index contributed by atoms with van der Waals surface area (Å²) in [6.45, 7) is 0. The maximum absolute atomic E-state index is 13.0. The van der Waals surface area contributed by atoms with Crippen LogP contribution in [0, 0.1) is 5.82 Å². The van der Waals surface area contributed by atoms with Crippen LogP contribution in [0.25, 0.3) is 0 Å². The molecule has 1 aromatic carbocycles. The van der Waals surface area contributed by atoms with Crippen molar-refractivity contribution in [3.63, 3.8) is 0 Å². The van der Waals surface area contributed by atoms with Crippen molar-refractivity contribution in [2.75, 3.05) is 0 Å². The Morgan fingerprint density at radius 3 is 2.60 bits per heavy atom. The van der Waals surface area contributed by atoms with Crippen molar-refractivity contribution in [2.24, 2.45) is 0 Å². The molecule has 0 aliphatic carbocycles. The second kappa shape index (κ2) is 4.54. The van der Waals surface area contributed by atoms with Crippen LogP contribution >= 0.6 is 43.2 Å². The summed E-state index contributed by atoms with van der Waals surface area (Å²) in [5.74, 6) is 0.00785. The molecule has 0 unspecified atom stereocenters. The van der Waals surface area contributed by atoms with Crippen molar-refractivity contribution in [1.82, 2.24) is 10.2 Å². The monoisotopic (exact) mass is 352 g/mol. The fourth-order valence-corrected chi connectivity index (χ4v) is 2.31. The van der Waals surface area contributed by atoms with E-state index >= 15 is 0 Å². The number of ether oxygens (including phenoxy) is 1. The first-order chi connectivity index (χ1) is 7.13. The fraction of sp³-hybridized carbons (Fsp3) is 0. The SMILES string of the molecule is Fc1cc(Br)cc(Oc2nnc(Br)s2)c1. The minimum atomic E-state index is -0.372. The van der Waals surface area contributed by atoms with Gasteiger partial charge in [0.2, 0.25) is 0 Å². The molecule has 15 heavy (non-hydrogen) atoms. The van der Waals surface area contributed by atoms with Gasteiger partial charge in [0.15, 0.2) is 3.92 Å². The molecule has 0 fully saturated rings. The zero-order chi connectivity index (χ0) is 10.8. The van der Waals surface area contributed by atoms with E-state index < -0.39 is 0 Å². The average Bonchev–Trinajstić information content (AvgIpc) is 2.49. The van der Waals surface area contributed by atoms with Gasteiger partial charge in [-0.2, -0.15) is 0 Å². The second-order valence-electron chi connectivity index (χ2n) is 2.53. The highest BCUT2D eigenvalue weighted by atomic mass is 79.9. The van der Waals surface area contributed by atoms with Gasteiger partial charge < -0.3 is 4.74 Å². The first kappa shape index (κ1) is 11.0. The molecule has 0 spiro atoms. The Balaban J connectivity index is 2.24. The highest BCUT2D eigenvalue weighted by Gasteiger charge is 2.05. The van der Waals surface area contributed by atoms with Crippen LogP contribution in [0.1, 0.15) is 0 Å². The van der Waals surface area contributed by atoms with E-state index in [1.54, 1.807) is 6.07 Å². The Bertz CT molecular complexity index is 471. The summed E-state index contributed by atoms with van der Waals surface area (Å²) in [7, 11) is 0. The Hall–Kier alpha value is -0.530. The lowest BCUT2D eigenvalue weighted by molar-refractivity contribution is 0.467. The van der Waals surface area contributed by atoms with Gasteiger partial charge in [0.25, 0.3) is 5.19 Å². The van der Waals surface area contributed by atoms with E-state index in [1.807, 2.05) is 0 Å². The third-order valence-electron chi connectivity index (χ3n) is 1.42. The van der Waals surface area contributed by atoms with Crippen LogP contribution in [-0.4, -0.2) is 10.2 Å². The molecule has 1 aromatic heterocycles. The van der Waals surface area contributed by atoms with Crippen LogP contribution < -0.4 is 4.74 Å². The summed E-state index contributed by atoms with van der Waals surface area (Å²) in [6.07, 6.45) is 0. The lowest BCUT2D eigenvalue weighted by atomic mass is 10.3. The van der Waals surface area contributed by atoms with Gasteiger partial charge in [0.05, 0.1) is 0 Å². The van der Waals surface area contributed by atoms with Crippen molar-refractivity contribution in [1.29, 1.82) is 0 Å². The van der Waals surface area contributed by atoms with Crippen LogP contribution in [0.5, 0.6) is 10.9 Å². The number of nitrogens with zero attached hydrogens (tertiary/aromatic N) is 2. The molecule has 0 aliphatic heterocycles. The molecule has 0 N–H and O–H groups in total. The summed E-state index contributed by atoms with van der Waals surface area (Å²) < 4.78 is 19.5. The van der Waals surface area contributed by atoms with E-state index in [-0.39, 0.29) is 5.82 Å². The molecule has 2 aromatic rings. The molecule has 1 heterocycles. The minimum absolute atomic E-state index is 0.361. The Morgan fingerprint density at radius 1 is 1.20 bits per heavy atom. The Kier molecular flexibility index (Phi) is 3.32. The van der Waals surface area contributed by atoms with Crippen molar-refractivity contribution < 1.29 is 9.13 Å². The number of rotatable bonds is 2. The summed E-state index contributed by atoms with van der Waals surface area (Å²) in [4.78, 5) is 0. The number of aromatic nitrogens is 2. The Labute approximate surface area is 106 Å². The van der Waals surface area contributed by atoms with Gasteiger partial charge in [-0.3, -0.25) is 0 Å². The first-order valence-corrected chi connectivity index (χ1v) is 6.17. The van der Waals surface area contributed by atoms with E-state index in [4.69, 9.17) is 4.74 Å². The quantitative estimate of drug-likeness (QED) is 0.818. The molecule has 3 nitrogen and oxygen atoms in total. The lowest BCUT2D eigenvalue weighted by Gasteiger charge is -2.01. The van der Waals surface area contributed by atoms with E-state index in [0.29, 0.717) is 19.3 Å². The summed E-state index contributed by atoms with van der Waals surface area (Å²) in [5, 5.41) is 7.80. The molecule has 0 saturated carbocycles. The maximum Gasteiger partial charge on any atom is 0.300 e. The molecule has 0 radical (unpaired) electrons. The fourth-order valence-electron chi connectivity index (χ4n) is 0.923. The number of benzene rings is 1. The largest absolute Gasteiger partial charge is 0.430 e. The van der Waals surface area contributed by atoms with Crippen LogP contribution in [0.2, 0.25) is 0 Å². The molecule has 0 aliphatic rings. The molecule has 0 atom stereocenters. The predicted molar refractivity (Wildman–Crippen MR) is 61.8 cm³/mol. The Morgan fingerprint density at radius 2 is 2.00 bits per heavy atom. The number of halogens is 3. The first-order valence-electron chi connectivity index (χ1n) is 3.76. The highest BCUT2D eigenvalue weighted by Crippen LogP contribution is 2.29. The molecule has 78 valence electrons. The molecular formula is C8H3Br2FN2OS. The van der Waals surface area contributed by atoms with Crippen LogP contribution in [0.3, 0.4) is 0 Å². The third kappa shape index (κ3) is 2.96. The molecule has 7 heteroatoms. The maximum atomic E-state index is 13.0. The van der Waals surface area contributed by atoms with E-state index in [0.717, 1.165) is 0 Å². The van der Waals surface area contributed by atoms with E-state index in [1.165, 1.54) is 23.5 Å². The van der Waals surface area contributed by atoms with Gasteiger partial charge in [-0.05, 0) is 39.4 Å². The van der Waals surface area contributed by atoms with Gasteiger partial charge in [-0.15, -0.1) is 5.10 Å². The zero-order valence-electron chi connectivity index (χ0n) is 7.08. The molecule has 0 amide bonds. The second-order valence-corrected chi connectivity index (χ2v) is 5.66. The van der Waals surface area contributed by atoms with Crippen LogP contribution in [0.4, 0.5) is 4.39 Å². The minimum Gasteiger partial charge on any atom is -0.430 e. The molecule has 0 saturated heterocycles.